The topological polar surface area (TPSA) is 112 Å². The minimum atomic E-state index is -1.75. The Morgan fingerprint density at radius 1 is 1.04 bits per heavy atom. The van der Waals surface area contributed by atoms with Gasteiger partial charge in [-0.15, -0.1) is 0 Å². The normalized spacial score (nSPS) is 19.5. The number of anilines is 2. The zero-order chi connectivity index (χ0) is 17.0. The van der Waals surface area contributed by atoms with Crippen LogP contribution < -0.4 is 21.7 Å². The molecule has 6 N–H and O–H groups in total. The second-order valence-corrected chi connectivity index (χ2v) is 5.21. The first-order valence-corrected chi connectivity index (χ1v) is 7.31. The Labute approximate surface area is 138 Å². The molecule has 2 aromatic carbocycles. The van der Waals surface area contributed by atoms with Crippen molar-refractivity contribution in [3.63, 3.8) is 0 Å². The van der Waals surface area contributed by atoms with Crippen LogP contribution in [0.25, 0.3) is 0 Å². The lowest BCUT2D eigenvalue weighted by Crippen LogP contribution is -2.59. The van der Waals surface area contributed by atoms with Crippen LogP contribution in [0.1, 0.15) is 0 Å². The van der Waals surface area contributed by atoms with Gasteiger partial charge in [-0.3, -0.25) is 0 Å². The highest BCUT2D eigenvalue weighted by Crippen LogP contribution is 2.20. The lowest BCUT2D eigenvalue weighted by Gasteiger charge is -2.33. The summed E-state index contributed by atoms with van der Waals surface area (Å²) in [7, 11) is 0. The van der Waals surface area contributed by atoms with E-state index < -0.39 is 11.8 Å². The number of rotatable bonds is 5. The van der Waals surface area contributed by atoms with Gasteiger partial charge in [-0.1, -0.05) is 36.4 Å². The lowest BCUT2D eigenvalue weighted by atomic mass is 10.2. The molecule has 2 aromatic rings. The molecule has 1 atom stereocenters. The van der Waals surface area contributed by atoms with E-state index in [4.69, 9.17) is 5.73 Å². The smallest absolute Gasteiger partial charge is 0.375 e. The predicted molar refractivity (Wildman–Crippen MR) is 93.3 cm³/mol. The molecular formula is C17H17N5O2. The number of hydrogen-bond acceptors (Lipinski definition) is 6. The molecule has 0 radical (unpaired) electrons. The van der Waals surface area contributed by atoms with Crippen molar-refractivity contribution in [3.8, 4) is 0 Å². The number of carboxylic acids is 1. The first-order chi connectivity index (χ1) is 11.6. The first-order valence-electron chi connectivity index (χ1n) is 7.31. The molecule has 0 spiro atoms. The van der Waals surface area contributed by atoms with E-state index in [1.807, 2.05) is 36.4 Å². The number of aliphatic carboxylic acids is 1. The van der Waals surface area contributed by atoms with Crippen molar-refractivity contribution in [2.24, 2.45) is 10.7 Å². The number of nitrogens with zero attached hydrogens (tertiary/aromatic N) is 1. The van der Waals surface area contributed by atoms with Gasteiger partial charge in [0.15, 0.2) is 0 Å². The number of para-hydroxylation sites is 2. The maximum absolute atomic E-state index is 11.9. The molecule has 0 bridgehead atoms. The Morgan fingerprint density at radius 3 is 2.21 bits per heavy atom. The van der Waals surface area contributed by atoms with E-state index in [9.17, 15) is 9.90 Å². The van der Waals surface area contributed by atoms with Crippen LogP contribution in [0.5, 0.6) is 0 Å². The molecule has 1 aliphatic rings. The fourth-order valence-electron chi connectivity index (χ4n) is 2.24. The zero-order valence-electron chi connectivity index (χ0n) is 12.7. The molecule has 0 aliphatic carbocycles. The van der Waals surface area contributed by atoms with E-state index in [-0.39, 0.29) is 0 Å². The number of carboxylic acid groups (broad SMARTS) is 1. The van der Waals surface area contributed by atoms with Gasteiger partial charge in [0.2, 0.25) is 0 Å². The van der Waals surface area contributed by atoms with Gasteiger partial charge >= 0.3 is 11.8 Å². The van der Waals surface area contributed by atoms with Gasteiger partial charge in [0.25, 0.3) is 0 Å². The van der Waals surface area contributed by atoms with Crippen molar-refractivity contribution in [2.75, 3.05) is 10.6 Å². The molecule has 0 fully saturated rings. The molecule has 1 heterocycles. The second kappa shape index (κ2) is 6.33. The number of aliphatic imine (C=N–C) groups is 1. The summed E-state index contributed by atoms with van der Waals surface area (Å²) in [6.07, 6.45) is 1.33. The minimum Gasteiger partial charge on any atom is -0.477 e. The fourth-order valence-corrected chi connectivity index (χ4v) is 2.24. The van der Waals surface area contributed by atoms with Crippen LogP contribution in [-0.2, 0) is 4.79 Å². The van der Waals surface area contributed by atoms with Crippen molar-refractivity contribution in [1.29, 1.82) is 0 Å². The number of allylic oxidation sites excluding steroid dienone is 1. The van der Waals surface area contributed by atoms with Crippen LogP contribution in [0.4, 0.5) is 11.4 Å². The highest BCUT2D eigenvalue weighted by atomic mass is 16.4. The van der Waals surface area contributed by atoms with E-state index in [0.717, 1.165) is 5.69 Å². The molecule has 0 saturated carbocycles. The Kier molecular flexibility index (Phi) is 4.07. The van der Waals surface area contributed by atoms with Crippen molar-refractivity contribution in [2.45, 2.75) is 5.79 Å². The van der Waals surface area contributed by atoms with Crippen molar-refractivity contribution < 1.29 is 9.90 Å². The van der Waals surface area contributed by atoms with Gasteiger partial charge < -0.3 is 26.8 Å². The summed E-state index contributed by atoms with van der Waals surface area (Å²) in [6, 6.07) is 18.3. The maximum Gasteiger partial charge on any atom is 0.375 e. The van der Waals surface area contributed by atoms with E-state index in [2.05, 4.69) is 20.9 Å². The Morgan fingerprint density at radius 2 is 1.62 bits per heavy atom. The van der Waals surface area contributed by atoms with Crippen LogP contribution in [0.15, 0.2) is 77.2 Å². The highest BCUT2D eigenvalue weighted by molar-refractivity contribution is 5.90. The van der Waals surface area contributed by atoms with Crippen LogP contribution in [0, 0.1) is 0 Å². The summed E-state index contributed by atoms with van der Waals surface area (Å²) in [6.45, 7) is 0. The average molecular weight is 323 g/mol. The van der Waals surface area contributed by atoms with Crippen molar-refractivity contribution in [1.82, 2.24) is 5.32 Å². The monoisotopic (exact) mass is 323 g/mol. The molecule has 1 unspecified atom stereocenters. The Hall–Kier alpha value is -3.48. The third-order valence-corrected chi connectivity index (χ3v) is 3.44. The number of benzene rings is 2. The van der Waals surface area contributed by atoms with E-state index in [1.54, 1.807) is 24.3 Å². The second-order valence-electron chi connectivity index (χ2n) is 5.21. The van der Waals surface area contributed by atoms with Crippen molar-refractivity contribution in [3.05, 3.63) is 72.2 Å². The van der Waals surface area contributed by atoms with E-state index in [1.165, 1.54) is 6.21 Å². The molecule has 7 nitrogen and oxygen atoms in total. The Balaban J connectivity index is 1.88. The van der Waals surface area contributed by atoms with Gasteiger partial charge in [-0.05, 0) is 24.3 Å². The molecule has 24 heavy (non-hydrogen) atoms. The quantitative estimate of drug-likeness (QED) is 0.573. The molecule has 0 aromatic heterocycles. The number of hydrogen-bond donors (Lipinski definition) is 5. The summed E-state index contributed by atoms with van der Waals surface area (Å²) < 4.78 is 0. The third-order valence-electron chi connectivity index (χ3n) is 3.44. The lowest BCUT2D eigenvalue weighted by molar-refractivity contribution is -0.143. The average Bonchev–Trinajstić information content (AvgIpc) is 2.60. The maximum atomic E-state index is 11.9. The summed E-state index contributed by atoms with van der Waals surface area (Å²) in [5, 5.41) is 18.5. The van der Waals surface area contributed by atoms with E-state index >= 15 is 0 Å². The van der Waals surface area contributed by atoms with Crippen LogP contribution in [-0.4, -0.2) is 23.1 Å². The molecule has 0 saturated heterocycles. The van der Waals surface area contributed by atoms with Crippen molar-refractivity contribution >= 4 is 23.6 Å². The largest absolute Gasteiger partial charge is 0.477 e. The summed E-state index contributed by atoms with van der Waals surface area (Å²) in [4.78, 5) is 15.9. The van der Waals surface area contributed by atoms with Crippen LogP contribution >= 0.6 is 0 Å². The van der Waals surface area contributed by atoms with Gasteiger partial charge in [0.1, 0.15) is 5.82 Å². The van der Waals surface area contributed by atoms with Gasteiger partial charge in [-0.25, -0.2) is 9.79 Å². The number of carbonyl (C=O) groups is 1. The van der Waals surface area contributed by atoms with Gasteiger partial charge in [-0.2, -0.15) is 0 Å². The van der Waals surface area contributed by atoms with Crippen LogP contribution in [0.2, 0.25) is 0 Å². The molecule has 1 aliphatic heterocycles. The molecule has 3 rings (SSSR count). The fraction of sp³-hybridized carbons (Fsp3) is 0.0588. The number of nitrogens with one attached hydrogen (secondary N) is 3. The molecule has 7 heteroatoms. The minimum absolute atomic E-state index is 0.311. The SMILES string of the molecule is NC1=C(Nc2ccccc2)NC(Nc2ccccc2)(C(=O)O)N=C1. The zero-order valence-corrected chi connectivity index (χ0v) is 12.7. The number of nitrogens with two attached hydrogens (primary N) is 1. The molecular weight excluding hydrogens is 306 g/mol. The molecule has 0 amide bonds. The molecule has 122 valence electrons. The van der Waals surface area contributed by atoms with Gasteiger partial charge in [0, 0.05) is 11.4 Å². The summed E-state index contributed by atoms with van der Waals surface area (Å²) in [5.41, 5.74) is 7.63. The van der Waals surface area contributed by atoms with Crippen LogP contribution in [0.3, 0.4) is 0 Å². The third kappa shape index (κ3) is 3.14. The van der Waals surface area contributed by atoms with E-state index in [0.29, 0.717) is 17.2 Å². The standard InChI is InChI=1S/C17H17N5O2/c18-14-11-19-17(16(23)24,21-13-9-5-2-6-10-13)22-15(14)20-12-7-3-1-4-8-12/h1-11,20-22H,18H2,(H,23,24). The Bertz CT molecular complexity index is 789. The van der Waals surface area contributed by atoms with Gasteiger partial charge in [0.05, 0.1) is 11.9 Å². The summed E-state index contributed by atoms with van der Waals surface area (Å²) >= 11 is 0. The highest BCUT2D eigenvalue weighted by Gasteiger charge is 2.41. The summed E-state index contributed by atoms with van der Waals surface area (Å²) in [5.74, 6) is -2.56. The predicted octanol–water partition coefficient (Wildman–Crippen LogP) is 1.75. The first kappa shape index (κ1) is 15.4.